The summed E-state index contributed by atoms with van der Waals surface area (Å²) in [6.45, 7) is 0.740. The molecular weight excluding hydrogens is 308 g/mol. The number of hydrogen-bond donors (Lipinski definition) is 2. The molecular formula is C16H16N6O2. The summed E-state index contributed by atoms with van der Waals surface area (Å²) < 4.78 is 1.57. The van der Waals surface area contributed by atoms with E-state index in [1.165, 1.54) is 6.20 Å². The van der Waals surface area contributed by atoms with Gasteiger partial charge in [-0.15, -0.1) is 0 Å². The van der Waals surface area contributed by atoms with Crippen LogP contribution in [0.5, 0.6) is 0 Å². The number of primary amides is 1. The third kappa shape index (κ3) is 2.67. The van der Waals surface area contributed by atoms with Crippen molar-refractivity contribution in [3.63, 3.8) is 0 Å². The predicted molar refractivity (Wildman–Crippen MR) is 86.3 cm³/mol. The van der Waals surface area contributed by atoms with Crippen LogP contribution in [0, 0.1) is 11.3 Å². The lowest BCUT2D eigenvalue weighted by Gasteiger charge is -2.47. The van der Waals surface area contributed by atoms with Crippen molar-refractivity contribution in [2.75, 3.05) is 18.4 Å². The number of rotatable bonds is 6. The summed E-state index contributed by atoms with van der Waals surface area (Å²) in [6, 6.07) is 11.4. The van der Waals surface area contributed by atoms with Gasteiger partial charge in [0, 0.05) is 25.0 Å². The van der Waals surface area contributed by atoms with E-state index in [-0.39, 0.29) is 12.0 Å². The summed E-state index contributed by atoms with van der Waals surface area (Å²) in [5.41, 5.74) is 5.82. The number of nitrogens with zero attached hydrogens (tertiary/aromatic N) is 4. The van der Waals surface area contributed by atoms with Gasteiger partial charge in [0.05, 0.1) is 12.5 Å². The molecule has 122 valence electrons. The second-order valence-corrected chi connectivity index (χ2v) is 5.76. The molecule has 0 saturated carbocycles. The molecule has 0 bridgehead atoms. The monoisotopic (exact) mass is 324 g/mol. The summed E-state index contributed by atoms with van der Waals surface area (Å²) in [6.07, 6.45) is 2.45. The summed E-state index contributed by atoms with van der Waals surface area (Å²) in [4.78, 5) is 24.1. The Kier molecular flexibility index (Phi) is 3.92. The van der Waals surface area contributed by atoms with Crippen molar-refractivity contribution in [3.05, 3.63) is 42.1 Å². The van der Waals surface area contributed by atoms with Crippen LogP contribution in [0.2, 0.25) is 0 Å². The molecule has 2 amide bonds. The summed E-state index contributed by atoms with van der Waals surface area (Å²) >= 11 is 0. The van der Waals surface area contributed by atoms with Gasteiger partial charge in [-0.1, -0.05) is 18.2 Å². The van der Waals surface area contributed by atoms with Gasteiger partial charge in [0.2, 0.25) is 6.41 Å². The summed E-state index contributed by atoms with van der Waals surface area (Å²) in [5.74, 6) is -0.283. The quantitative estimate of drug-likeness (QED) is 0.762. The Labute approximate surface area is 138 Å². The van der Waals surface area contributed by atoms with Crippen LogP contribution in [0.1, 0.15) is 16.8 Å². The minimum Gasteiger partial charge on any atom is -0.365 e. The van der Waals surface area contributed by atoms with Crippen LogP contribution in [-0.2, 0) is 10.3 Å². The van der Waals surface area contributed by atoms with Gasteiger partial charge in [0.25, 0.3) is 5.91 Å². The zero-order valence-corrected chi connectivity index (χ0v) is 12.8. The number of carbonyl (C=O) groups is 2. The van der Waals surface area contributed by atoms with E-state index in [0.717, 1.165) is 12.1 Å². The Bertz CT molecular complexity index is 802. The van der Waals surface area contributed by atoms with Crippen molar-refractivity contribution in [3.8, 4) is 6.07 Å². The highest BCUT2D eigenvalue weighted by Gasteiger charge is 2.45. The molecule has 8 nitrogen and oxygen atoms in total. The lowest BCUT2D eigenvalue weighted by molar-refractivity contribution is -0.128. The molecule has 0 unspecified atom stereocenters. The first kappa shape index (κ1) is 15.6. The first-order valence-corrected chi connectivity index (χ1v) is 7.36. The Hall–Kier alpha value is -3.34. The Morgan fingerprint density at radius 3 is 2.71 bits per heavy atom. The van der Waals surface area contributed by atoms with E-state index in [0.29, 0.717) is 18.9 Å². The number of para-hydroxylation sites is 1. The molecule has 1 fully saturated rings. The zero-order valence-electron chi connectivity index (χ0n) is 12.8. The smallest absolute Gasteiger partial charge is 0.254 e. The molecule has 1 aliphatic heterocycles. The number of nitrogens with two attached hydrogens (primary N) is 1. The minimum absolute atomic E-state index is 0.183. The third-order valence-corrected chi connectivity index (χ3v) is 4.05. The highest BCUT2D eigenvalue weighted by atomic mass is 16.1. The second kappa shape index (κ2) is 6.04. The highest BCUT2D eigenvalue weighted by Crippen LogP contribution is 2.33. The fraction of sp³-hybridized carbons (Fsp3) is 0.250. The van der Waals surface area contributed by atoms with Crippen molar-refractivity contribution in [2.24, 2.45) is 5.73 Å². The summed E-state index contributed by atoms with van der Waals surface area (Å²) in [5, 5.41) is 16.6. The lowest BCUT2D eigenvalue weighted by atomic mass is 9.87. The Morgan fingerprint density at radius 1 is 1.42 bits per heavy atom. The first-order valence-electron chi connectivity index (χ1n) is 7.36. The second-order valence-electron chi connectivity index (χ2n) is 5.76. The van der Waals surface area contributed by atoms with E-state index in [1.807, 2.05) is 30.3 Å². The molecule has 0 aliphatic carbocycles. The first-order chi connectivity index (χ1) is 11.6. The number of aromatic nitrogens is 2. The number of benzene rings is 1. The van der Waals surface area contributed by atoms with Gasteiger partial charge in [-0.3, -0.25) is 14.3 Å². The number of nitrogens with one attached hydrogen (secondary N) is 1. The van der Waals surface area contributed by atoms with Crippen molar-refractivity contribution < 1.29 is 9.59 Å². The van der Waals surface area contributed by atoms with Gasteiger partial charge in [-0.25, -0.2) is 0 Å². The van der Waals surface area contributed by atoms with Gasteiger partial charge >= 0.3 is 0 Å². The zero-order chi connectivity index (χ0) is 17.2. The molecule has 0 spiro atoms. The number of hydrogen-bond acceptors (Lipinski definition) is 5. The Morgan fingerprint density at radius 2 is 2.12 bits per heavy atom. The molecule has 8 heteroatoms. The van der Waals surface area contributed by atoms with E-state index < -0.39 is 11.4 Å². The fourth-order valence-corrected chi connectivity index (χ4v) is 2.82. The standard InChI is InChI=1S/C16H16N6O2/c17-7-6-16(9-21(10-16)11-23)22-8-13(14(18)24)15(20-22)19-12-4-2-1-3-5-12/h1-5,8,11H,6,9-10H2,(H2,18,24)(H,19,20). The molecule has 1 aromatic heterocycles. The van der Waals surface area contributed by atoms with Crippen LogP contribution in [0.4, 0.5) is 11.5 Å². The van der Waals surface area contributed by atoms with Gasteiger partial charge in [-0.2, -0.15) is 10.4 Å². The average Bonchev–Trinajstić information content (AvgIpc) is 2.96. The minimum atomic E-state index is -0.628. The normalized spacial score (nSPS) is 15.2. The topological polar surface area (TPSA) is 117 Å². The lowest BCUT2D eigenvalue weighted by Crippen LogP contribution is -2.62. The molecule has 2 heterocycles. The van der Waals surface area contributed by atoms with Gasteiger partial charge < -0.3 is 16.0 Å². The molecule has 0 radical (unpaired) electrons. The predicted octanol–water partition coefficient (Wildman–Crippen LogP) is 0.807. The van der Waals surface area contributed by atoms with Crippen LogP contribution in [0.15, 0.2) is 36.5 Å². The molecule has 3 N–H and O–H groups in total. The molecule has 2 aromatic rings. The van der Waals surface area contributed by atoms with Crippen LogP contribution < -0.4 is 11.1 Å². The van der Waals surface area contributed by atoms with E-state index in [4.69, 9.17) is 11.0 Å². The van der Waals surface area contributed by atoms with Crippen LogP contribution in [-0.4, -0.2) is 40.1 Å². The number of amides is 2. The van der Waals surface area contributed by atoms with Crippen molar-refractivity contribution in [1.29, 1.82) is 5.26 Å². The molecule has 1 saturated heterocycles. The van der Waals surface area contributed by atoms with Gasteiger partial charge in [0.15, 0.2) is 5.82 Å². The highest BCUT2D eigenvalue weighted by molar-refractivity contribution is 5.98. The van der Waals surface area contributed by atoms with Crippen LogP contribution in [0.3, 0.4) is 0 Å². The number of anilines is 2. The van der Waals surface area contributed by atoms with Crippen LogP contribution >= 0.6 is 0 Å². The number of nitriles is 1. The van der Waals surface area contributed by atoms with Crippen molar-refractivity contribution >= 4 is 23.8 Å². The molecule has 1 aliphatic rings. The van der Waals surface area contributed by atoms with Gasteiger partial charge in [-0.05, 0) is 12.1 Å². The van der Waals surface area contributed by atoms with E-state index in [1.54, 1.807) is 9.58 Å². The number of carbonyl (C=O) groups excluding carboxylic acids is 2. The largest absolute Gasteiger partial charge is 0.365 e. The van der Waals surface area contributed by atoms with Crippen molar-refractivity contribution in [1.82, 2.24) is 14.7 Å². The third-order valence-electron chi connectivity index (χ3n) is 4.05. The average molecular weight is 324 g/mol. The summed E-state index contributed by atoms with van der Waals surface area (Å²) in [7, 11) is 0. The fourth-order valence-electron chi connectivity index (χ4n) is 2.82. The SMILES string of the molecule is N#CCC1(n2cc(C(N)=O)c(Nc3ccccc3)n2)CN(C=O)C1. The van der Waals surface area contributed by atoms with E-state index >= 15 is 0 Å². The maximum Gasteiger partial charge on any atom is 0.254 e. The molecule has 24 heavy (non-hydrogen) atoms. The maximum atomic E-state index is 11.7. The number of likely N-dealkylation sites (tertiary alicyclic amines) is 1. The maximum absolute atomic E-state index is 11.7. The van der Waals surface area contributed by atoms with E-state index in [9.17, 15) is 9.59 Å². The molecule has 0 atom stereocenters. The van der Waals surface area contributed by atoms with E-state index in [2.05, 4.69) is 16.5 Å². The van der Waals surface area contributed by atoms with Crippen LogP contribution in [0.25, 0.3) is 0 Å². The van der Waals surface area contributed by atoms with Gasteiger partial charge in [0.1, 0.15) is 11.1 Å². The Balaban J connectivity index is 1.95. The van der Waals surface area contributed by atoms with Crippen molar-refractivity contribution in [2.45, 2.75) is 12.0 Å². The molecule has 3 rings (SSSR count). The molecule has 1 aromatic carbocycles.